The van der Waals surface area contributed by atoms with Gasteiger partial charge in [0.15, 0.2) is 0 Å². The zero-order valence-electron chi connectivity index (χ0n) is 12.2. The lowest BCUT2D eigenvalue weighted by Crippen LogP contribution is -2.31. The number of rotatable bonds is 7. The predicted octanol–water partition coefficient (Wildman–Crippen LogP) is 2.27. The van der Waals surface area contributed by atoms with Gasteiger partial charge in [-0.2, -0.15) is 0 Å². The van der Waals surface area contributed by atoms with Crippen molar-refractivity contribution in [2.45, 2.75) is 26.7 Å². The second kappa shape index (κ2) is 7.61. The van der Waals surface area contributed by atoms with Crippen molar-refractivity contribution >= 4 is 17.6 Å². The summed E-state index contributed by atoms with van der Waals surface area (Å²) >= 11 is 0. The Morgan fingerprint density at radius 2 is 2.05 bits per heavy atom. The molecule has 0 aliphatic rings. The first kappa shape index (κ1) is 16.9. The number of carbonyl (C=O) groups is 2. The van der Waals surface area contributed by atoms with E-state index in [1.54, 1.807) is 0 Å². The smallest absolute Gasteiger partial charge is 0.303 e. The number of hydrogen-bond donors (Lipinski definition) is 3. The summed E-state index contributed by atoms with van der Waals surface area (Å²) in [6.45, 7) is 4.20. The minimum atomic E-state index is -0.903. The number of carboxylic acids is 1. The molecule has 0 bridgehead atoms. The molecule has 116 valence electrons. The molecule has 1 unspecified atom stereocenters. The van der Waals surface area contributed by atoms with Crippen LogP contribution in [0.4, 0.5) is 10.1 Å². The lowest BCUT2D eigenvalue weighted by Gasteiger charge is -2.18. The number of hydrogen-bond acceptors (Lipinski definition) is 3. The fraction of sp³-hybridized carbons (Fsp3) is 0.467. The second-order valence-electron chi connectivity index (χ2n) is 5.50. The lowest BCUT2D eigenvalue weighted by molar-refractivity contribution is -0.138. The van der Waals surface area contributed by atoms with E-state index in [0.29, 0.717) is 12.3 Å². The molecule has 0 spiro atoms. The molecule has 1 rings (SSSR count). The standard InChI is InChI=1S/C15H21FN2O3/c1-9(2)6-10(7-13(19)20)8-18-15(21)11-4-3-5-12(16)14(11)17/h3-5,9-10H,6-8,17H2,1-2H3,(H,18,21)(H,19,20). The van der Waals surface area contributed by atoms with Crippen LogP contribution in [0, 0.1) is 17.7 Å². The van der Waals surface area contributed by atoms with Gasteiger partial charge < -0.3 is 16.2 Å². The number of amides is 1. The van der Waals surface area contributed by atoms with E-state index in [4.69, 9.17) is 10.8 Å². The first-order valence-corrected chi connectivity index (χ1v) is 6.85. The third-order valence-corrected chi connectivity index (χ3v) is 3.12. The number of nitrogens with one attached hydrogen (secondary N) is 1. The quantitative estimate of drug-likeness (QED) is 0.673. The first-order chi connectivity index (χ1) is 9.81. The Bertz CT molecular complexity index is 518. The molecule has 0 heterocycles. The second-order valence-corrected chi connectivity index (χ2v) is 5.50. The van der Waals surface area contributed by atoms with Crippen LogP contribution < -0.4 is 11.1 Å². The molecule has 0 saturated heterocycles. The van der Waals surface area contributed by atoms with E-state index < -0.39 is 17.7 Å². The van der Waals surface area contributed by atoms with Gasteiger partial charge in [-0.15, -0.1) is 0 Å². The molecule has 6 heteroatoms. The number of anilines is 1. The van der Waals surface area contributed by atoms with Crippen molar-refractivity contribution in [3.8, 4) is 0 Å². The Kier molecular flexibility index (Phi) is 6.14. The van der Waals surface area contributed by atoms with Crippen molar-refractivity contribution in [1.82, 2.24) is 5.32 Å². The molecule has 0 radical (unpaired) electrons. The highest BCUT2D eigenvalue weighted by molar-refractivity contribution is 5.99. The van der Waals surface area contributed by atoms with E-state index in [2.05, 4.69) is 5.32 Å². The van der Waals surface area contributed by atoms with Crippen LogP contribution in [0.3, 0.4) is 0 Å². The van der Waals surface area contributed by atoms with Crippen LogP contribution in [-0.2, 0) is 4.79 Å². The van der Waals surface area contributed by atoms with Crippen LogP contribution in [0.25, 0.3) is 0 Å². The molecule has 0 aliphatic heterocycles. The normalized spacial score (nSPS) is 12.2. The Morgan fingerprint density at radius 3 is 2.62 bits per heavy atom. The van der Waals surface area contributed by atoms with Crippen LogP contribution >= 0.6 is 0 Å². The van der Waals surface area contributed by atoms with Gasteiger partial charge in [-0.25, -0.2) is 4.39 Å². The molecular formula is C15H21FN2O3. The average Bonchev–Trinajstić information content (AvgIpc) is 2.37. The zero-order valence-corrected chi connectivity index (χ0v) is 12.2. The Labute approximate surface area is 123 Å². The molecule has 1 aromatic carbocycles. The molecular weight excluding hydrogens is 275 g/mol. The maximum absolute atomic E-state index is 13.3. The Balaban J connectivity index is 2.68. The van der Waals surface area contributed by atoms with Gasteiger partial charge in [0.1, 0.15) is 5.82 Å². The zero-order chi connectivity index (χ0) is 16.0. The van der Waals surface area contributed by atoms with Gasteiger partial charge in [-0.1, -0.05) is 19.9 Å². The summed E-state index contributed by atoms with van der Waals surface area (Å²) in [5.41, 5.74) is 5.38. The number of aliphatic carboxylic acids is 1. The van der Waals surface area contributed by atoms with Crippen LogP contribution in [0.15, 0.2) is 18.2 Å². The van der Waals surface area contributed by atoms with Crippen molar-refractivity contribution in [2.24, 2.45) is 11.8 Å². The molecule has 1 aromatic rings. The molecule has 1 amide bonds. The summed E-state index contributed by atoms with van der Waals surface area (Å²) in [6.07, 6.45) is 0.669. The van der Waals surface area contributed by atoms with Crippen molar-refractivity contribution < 1.29 is 19.1 Å². The summed E-state index contributed by atoms with van der Waals surface area (Å²) in [4.78, 5) is 22.8. The molecule has 5 nitrogen and oxygen atoms in total. The number of nitrogen functional groups attached to an aromatic ring is 1. The van der Waals surface area contributed by atoms with Crippen molar-refractivity contribution in [3.63, 3.8) is 0 Å². The van der Waals surface area contributed by atoms with Gasteiger partial charge >= 0.3 is 5.97 Å². The number of halogens is 1. The maximum Gasteiger partial charge on any atom is 0.303 e. The number of carboxylic acid groups (broad SMARTS) is 1. The largest absolute Gasteiger partial charge is 0.481 e. The molecule has 4 N–H and O–H groups in total. The summed E-state index contributed by atoms with van der Waals surface area (Å²) in [5.74, 6) is -1.88. The molecule has 21 heavy (non-hydrogen) atoms. The first-order valence-electron chi connectivity index (χ1n) is 6.85. The van der Waals surface area contributed by atoms with E-state index in [0.717, 1.165) is 0 Å². The van der Waals surface area contributed by atoms with Crippen molar-refractivity contribution in [1.29, 1.82) is 0 Å². The molecule has 0 saturated carbocycles. The summed E-state index contributed by atoms with van der Waals surface area (Å²) < 4.78 is 13.3. The van der Waals surface area contributed by atoms with Gasteiger partial charge in [0.05, 0.1) is 11.3 Å². The molecule has 1 atom stereocenters. The highest BCUT2D eigenvalue weighted by atomic mass is 19.1. The summed E-state index contributed by atoms with van der Waals surface area (Å²) in [7, 11) is 0. The highest BCUT2D eigenvalue weighted by Crippen LogP contribution is 2.17. The van der Waals surface area contributed by atoms with E-state index in [-0.39, 0.29) is 30.1 Å². The van der Waals surface area contributed by atoms with Crippen LogP contribution in [-0.4, -0.2) is 23.5 Å². The molecule has 0 fully saturated rings. The highest BCUT2D eigenvalue weighted by Gasteiger charge is 2.18. The fourth-order valence-electron chi connectivity index (χ4n) is 2.22. The number of para-hydroxylation sites is 1. The van der Waals surface area contributed by atoms with E-state index in [9.17, 15) is 14.0 Å². The Hall–Kier alpha value is -2.11. The number of nitrogens with two attached hydrogens (primary N) is 1. The minimum absolute atomic E-state index is 0.0168. The van der Waals surface area contributed by atoms with E-state index in [1.165, 1.54) is 18.2 Å². The van der Waals surface area contributed by atoms with Gasteiger partial charge in [0.2, 0.25) is 0 Å². The lowest BCUT2D eigenvalue weighted by atomic mass is 9.94. The minimum Gasteiger partial charge on any atom is -0.481 e. The predicted molar refractivity (Wildman–Crippen MR) is 78.3 cm³/mol. The number of carbonyl (C=O) groups excluding carboxylic acids is 1. The fourth-order valence-corrected chi connectivity index (χ4v) is 2.22. The van der Waals surface area contributed by atoms with E-state index in [1.807, 2.05) is 13.8 Å². The topological polar surface area (TPSA) is 92.4 Å². The number of benzene rings is 1. The third-order valence-electron chi connectivity index (χ3n) is 3.12. The van der Waals surface area contributed by atoms with Crippen LogP contribution in [0.2, 0.25) is 0 Å². The van der Waals surface area contributed by atoms with Gasteiger partial charge in [-0.3, -0.25) is 9.59 Å². The Morgan fingerprint density at radius 1 is 1.38 bits per heavy atom. The maximum atomic E-state index is 13.3. The molecule has 0 aliphatic carbocycles. The summed E-state index contributed by atoms with van der Waals surface area (Å²) in [6, 6.07) is 4.02. The monoisotopic (exact) mass is 296 g/mol. The average molecular weight is 296 g/mol. The van der Waals surface area contributed by atoms with Crippen LogP contribution in [0.1, 0.15) is 37.0 Å². The SMILES string of the molecule is CC(C)CC(CNC(=O)c1cccc(F)c1N)CC(=O)O. The van der Waals surface area contributed by atoms with Crippen LogP contribution in [0.5, 0.6) is 0 Å². The summed E-state index contributed by atoms with van der Waals surface area (Å²) in [5, 5.41) is 11.5. The van der Waals surface area contributed by atoms with Gasteiger partial charge in [0.25, 0.3) is 5.91 Å². The van der Waals surface area contributed by atoms with E-state index >= 15 is 0 Å². The van der Waals surface area contributed by atoms with Gasteiger partial charge in [-0.05, 0) is 30.4 Å². The van der Waals surface area contributed by atoms with Gasteiger partial charge in [0, 0.05) is 13.0 Å². The third kappa shape index (κ3) is 5.41. The molecule has 0 aromatic heterocycles. The van der Waals surface area contributed by atoms with Crippen molar-refractivity contribution in [2.75, 3.05) is 12.3 Å². The van der Waals surface area contributed by atoms with Crippen molar-refractivity contribution in [3.05, 3.63) is 29.6 Å².